The Bertz CT molecular complexity index is 420. The van der Waals surface area contributed by atoms with Crippen molar-refractivity contribution >= 4 is 11.7 Å². The maximum absolute atomic E-state index is 11.7. The van der Waals surface area contributed by atoms with Crippen molar-refractivity contribution in [2.45, 2.75) is 13.0 Å². The first-order valence-corrected chi connectivity index (χ1v) is 7.10. The molecular weight excluding hydrogens is 268 g/mol. The predicted molar refractivity (Wildman–Crippen MR) is 85.4 cm³/mol. The first-order chi connectivity index (χ1) is 10.0. The number of urea groups is 1. The van der Waals surface area contributed by atoms with Crippen LogP contribution in [-0.4, -0.2) is 51.3 Å². The molecule has 1 aromatic rings. The van der Waals surface area contributed by atoms with Crippen LogP contribution in [0.4, 0.5) is 10.5 Å². The molecule has 1 unspecified atom stereocenters. The number of anilines is 1. The average Bonchev–Trinajstić information content (AvgIpc) is 2.45. The fourth-order valence-electron chi connectivity index (χ4n) is 1.76. The van der Waals surface area contributed by atoms with Gasteiger partial charge in [-0.05, 0) is 31.7 Å². The summed E-state index contributed by atoms with van der Waals surface area (Å²) in [6, 6.07) is 7.32. The SMILES string of the molecule is COCCN(C)CCNC(=O)Nc1ccc(C(C)N)cc1. The number of nitrogens with zero attached hydrogens (tertiary/aromatic N) is 1. The molecular formula is C15H26N4O2. The minimum absolute atomic E-state index is 0.00415. The first kappa shape index (κ1) is 17.4. The molecule has 0 heterocycles. The van der Waals surface area contributed by atoms with Crippen LogP contribution in [0, 0.1) is 0 Å². The van der Waals surface area contributed by atoms with Crippen molar-refractivity contribution < 1.29 is 9.53 Å². The molecule has 1 rings (SSSR count). The number of carbonyl (C=O) groups is 1. The molecule has 4 N–H and O–H groups in total. The van der Waals surface area contributed by atoms with Crippen LogP contribution in [-0.2, 0) is 4.74 Å². The van der Waals surface area contributed by atoms with Crippen molar-refractivity contribution in [3.8, 4) is 0 Å². The van der Waals surface area contributed by atoms with E-state index in [0.29, 0.717) is 13.2 Å². The van der Waals surface area contributed by atoms with E-state index in [9.17, 15) is 4.79 Å². The van der Waals surface area contributed by atoms with Crippen molar-refractivity contribution in [3.05, 3.63) is 29.8 Å². The Kier molecular flexibility index (Phi) is 7.74. The Hall–Kier alpha value is -1.63. The lowest BCUT2D eigenvalue weighted by Gasteiger charge is -2.16. The predicted octanol–water partition coefficient (Wildman–Crippen LogP) is 1.41. The van der Waals surface area contributed by atoms with Crippen LogP contribution in [0.3, 0.4) is 0 Å². The smallest absolute Gasteiger partial charge is 0.319 e. The lowest BCUT2D eigenvalue weighted by atomic mass is 10.1. The zero-order valence-electron chi connectivity index (χ0n) is 13.1. The lowest BCUT2D eigenvalue weighted by Crippen LogP contribution is -2.36. The molecule has 0 spiro atoms. The highest BCUT2D eigenvalue weighted by Crippen LogP contribution is 2.13. The van der Waals surface area contributed by atoms with Gasteiger partial charge in [0.25, 0.3) is 0 Å². The van der Waals surface area contributed by atoms with Crippen molar-refractivity contribution in [3.63, 3.8) is 0 Å². The number of likely N-dealkylation sites (N-methyl/N-ethyl adjacent to an activating group) is 1. The maximum atomic E-state index is 11.7. The summed E-state index contributed by atoms with van der Waals surface area (Å²) in [6.07, 6.45) is 0. The molecule has 1 aromatic carbocycles. The molecule has 0 aliphatic heterocycles. The summed E-state index contributed by atoms with van der Waals surface area (Å²) in [5, 5.41) is 5.61. The second-order valence-corrected chi connectivity index (χ2v) is 5.09. The van der Waals surface area contributed by atoms with E-state index < -0.39 is 0 Å². The number of amides is 2. The molecule has 0 aliphatic carbocycles. The van der Waals surface area contributed by atoms with Crippen molar-refractivity contribution in [2.75, 3.05) is 45.7 Å². The molecule has 0 aliphatic rings. The van der Waals surface area contributed by atoms with E-state index in [-0.39, 0.29) is 12.1 Å². The summed E-state index contributed by atoms with van der Waals surface area (Å²) in [7, 11) is 3.67. The van der Waals surface area contributed by atoms with Gasteiger partial charge in [0.1, 0.15) is 0 Å². The summed E-state index contributed by atoms with van der Waals surface area (Å²) in [5.74, 6) is 0. The Balaban J connectivity index is 2.27. The minimum Gasteiger partial charge on any atom is -0.383 e. The van der Waals surface area contributed by atoms with Crippen molar-refractivity contribution in [1.29, 1.82) is 0 Å². The summed E-state index contributed by atoms with van der Waals surface area (Å²) in [4.78, 5) is 13.8. The molecule has 0 aromatic heterocycles. The second-order valence-electron chi connectivity index (χ2n) is 5.09. The van der Waals surface area contributed by atoms with Crippen LogP contribution in [0.1, 0.15) is 18.5 Å². The number of nitrogens with one attached hydrogen (secondary N) is 2. The first-order valence-electron chi connectivity index (χ1n) is 7.10. The lowest BCUT2D eigenvalue weighted by molar-refractivity contribution is 0.161. The number of hydrogen-bond acceptors (Lipinski definition) is 4. The highest BCUT2D eigenvalue weighted by molar-refractivity contribution is 5.89. The Morgan fingerprint density at radius 3 is 2.57 bits per heavy atom. The van der Waals surface area contributed by atoms with Gasteiger partial charge >= 0.3 is 6.03 Å². The summed E-state index contributed by atoms with van der Waals surface area (Å²) < 4.78 is 5.00. The third-order valence-corrected chi connectivity index (χ3v) is 3.15. The molecule has 0 fully saturated rings. The summed E-state index contributed by atoms with van der Waals surface area (Å²) >= 11 is 0. The quantitative estimate of drug-likeness (QED) is 0.677. The van der Waals surface area contributed by atoms with Crippen LogP contribution in [0.2, 0.25) is 0 Å². The number of benzene rings is 1. The molecule has 118 valence electrons. The standard InChI is InChI=1S/C15H26N4O2/c1-12(16)13-4-6-14(7-5-13)18-15(20)17-8-9-19(2)10-11-21-3/h4-7,12H,8-11,16H2,1-3H3,(H2,17,18,20). The van der Waals surface area contributed by atoms with E-state index >= 15 is 0 Å². The van der Waals surface area contributed by atoms with E-state index in [0.717, 1.165) is 24.3 Å². The molecule has 6 nitrogen and oxygen atoms in total. The normalized spacial score (nSPS) is 12.2. The van der Waals surface area contributed by atoms with E-state index in [1.165, 1.54) is 0 Å². The Morgan fingerprint density at radius 1 is 1.33 bits per heavy atom. The topological polar surface area (TPSA) is 79.6 Å². The molecule has 21 heavy (non-hydrogen) atoms. The van der Waals surface area contributed by atoms with Gasteiger partial charge in [0.2, 0.25) is 0 Å². The highest BCUT2D eigenvalue weighted by atomic mass is 16.5. The third-order valence-electron chi connectivity index (χ3n) is 3.15. The highest BCUT2D eigenvalue weighted by Gasteiger charge is 2.04. The summed E-state index contributed by atoms with van der Waals surface area (Å²) in [5.41, 5.74) is 7.58. The van der Waals surface area contributed by atoms with E-state index in [1.807, 2.05) is 38.2 Å². The van der Waals surface area contributed by atoms with Gasteiger partial charge in [0.15, 0.2) is 0 Å². The Morgan fingerprint density at radius 2 is 2.00 bits per heavy atom. The third kappa shape index (κ3) is 7.08. The molecule has 0 radical (unpaired) electrons. The van der Waals surface area contributed by atoms with Gasteiger partial charge in [-0.2, -0.15) is 0 Å². The van der Waals surface area contributed by atoms with E-state index in [2.05, 4.69) is 15.5 Å². The van der Waals surface area contributed by atoms with Gasteiger partial charge in [0, 0.05) is 38.5 Å². The number of rotatable bonds is 8. The van der Waals surface area contributed by atoms with E-state index in [1.54, 1.807) is 7.11 Å². The second kappa shape index (κ2) is 9.33. The van der Waals surface area contributed by atoms with Crippen molar-refractivity contribution in [2.24, 2.45) is 5.73 Å². The van der Waals surface area contributed by atoms with Gasteiger partial charge in [-0.15, -0.1) is 0 Å². The fraction of sp³-hybridized carbons (Fsp3) is 0.533. The molecule has 0 saturated heterocycles. The molecule has 0 saturated carbocycles. The molecule has 1 atom stereocenters. The largest absolute Gasteiger partial charge is 0.383 e. The number of nitrogens with two attached hydrogens (primary N) is 1. The number of hydrogen-bond donors (Lipinski definition) is 3. The van der Waals surface area contributed by atoms with Crippen LogP contribution >= 0.6 is 0 Å². The molecule has 2 amide bonds. The number of carbonyl (C=O) groups excluding carboxylic acids is 1. The monoisotopic (exact) mass is 294 g/mol. The Labute approximate surface area is 126 Å². The van der Waals surface area contributed by atoms with Crippen molar-refractivity contribution in [1.82, 2.24) is 10.2 Å². The van der Waals surface area contributed by atoms with Crippen LogP contribution < -0.4 is 16.4 Å². The number of ether oxygens (including phenoxy) is 1. The zero-order chi connectivity index (χ0) is 15.7. The van der Waals surface area contributed by atoms with Gasteiger partial charge in [-0.1, -0.05) is 12.1 Å². The van der Waals surface area contributed by atoms with Crippen LogP contribution in [0.25, 0.3) is 0 Å². The molecule has 6 heteroatoms. The van der Waals surface area contributed by atoms with Crippen LogP contribution in [0.15, 0.2) is 24.3 Å². The maximum Gasteiger partial charge on any atom is 0.319 e. The fourth-order valence-corrected chi connectivity index (χ4v) is 1.76. The average molecular weight is 294 g/mol. The van der Waals surface area contributed by atoms with Gasteiger partial charge in [0.05, 0.1) is 6.61 Å². The van der Waals surface area contributed by atoms with Gasteiger partial charge < -0.3 is 26.0 Å². The number of methoxy groups -OCH3 is 1. The van der Waals surface area contributed by atoms with Gasteiger partial charge in [-0.3, -0.25) is 0 Å². The van der Waals surface area contributed by atoms with E-state index in [4.69, 9.17) is 10.5 Å². The molecule has 0 bridgehead atoms. The zero-order valence-corrected chi connectivity index (χ0v) is 13.1. The van der Waals surface area contributed by atoms with Gasteiger partial charge in [-0.25, -0.2) is 4.79 Å². The minimum atomic E-state index is -0.205. The van der Waals surface area contributed by atoms with Crippen LogP contribution in [0.5, 0.6) is 0 Å². The summed E-state index contributed by atoms with van der Waals surface area (Å²) in [6.45, 7) is 4.83.